The van der Waals surface area contributed by atoms with E-state index in [1.54, 1.807) is 9.80 Å². The molecule has 0 aliphatic carbocycles. The third-order valence-corrected chi connectivity index (χ3v) is 3.99. The second kappa shape index (κ2) is 6.61. The summed E-state index contributed by atoms with van der Waals surface area (Å²) in [5.41, 5.74) is 1.93. The average Bonchev–Trinajstić information content (AvgIpc) is 2.50. The quantitative estimate of drug-likeness (QED) is 0.931. The van der Waals surface area contributed by atoms with Crippen molar-refractivity contribution < 1.29 is 14.7 Å². The van der Waals surface area contributed by atoms with Gasteiger partial charge in [0.2, 0.25) is 0 Å². The first-order chi connectivity index (χ1) is 10.0. The van der Waals surface area contributed by atoms with Gasteiger partial charge in [0.15, 0.2) is 0 Å². The van der Waals surface area contributed by atoms with Crippen LogP contribution >= 0.6 is 0 Å². The molecule has 0 bridgehead atoms. The van der Waals surface area contributed by atoms with Crippen LogP contribution in [0.3, 0.4) is 0 Å². The zero-order valence-corrected chi connectivity index (χ0v) is 12.6. The minimum Gasteiger partial charge on any atom is -0.481 e. The summed E-state index contributed by atoms with van der Waals surface area (Å²) in [6.07, 6.45) is 1.39. The van der Waals surface area contributed by atoms with E-state index >= 15 is 0 Å². The van der Waals surface area contributed by atoms with Gasteiger partial charge in [0.05, 0.1) is 5.92 Å². The van der Waals surface area contributed by atoms with E-state index in [0.717, 1.165) is 17.7 Å². The van der Waals surface area contributed by atoms with E-state index in [1.807, 2.05) is 38.1 Å². The van der Waals surface area contributed by atoms with Crippen LogP contribution in [0.2, 0.25) is 0 Å². The third kappa shape index (κ3) is 3.35. The number of amides is 2. The van der Waals surface area contributed by atoms with E-state index in [-0.39, 0.29) is 6.03 Å². The molecule has 5 heteroatoms. The molecular weight excluding hydrogens is 268 g/mol. The molecule has 1 aromatic rings. The van der Waals surface area contributed by atoms with Crippen LogP contribution in [-0.2, 0) is 4.79 Å². The number of carboxylic acid groups (broad SMARTS) is 1. The Hall–Kier alpha value is -2.04. The molecule has 2 rings (SSSR count). The fourth-order valence-electron chi connectivity index (χ4n) is 2.80. The minimum absolute atomic E-state index is 0.0993. The normalized spacial score (nSPS) is 18.4. The number of carbonyl (C=O) groups excluding carboxylic acids is 1. The topological polar surface area (TPSA) is 60.9 Å². The maximum atomic E-state index is 12.7. The maximum absolute atomic E-state index is 12.7. The molecule has 0 aromatic heterocycles. The number of rotatable bonds is 3. The van der Waals surface area contributed by atoms with Gasteiger partial charge in [-0.25, -0.2) is 4.79 Å². The van der Waals surface area contributed by atoms with Crippen LogP contribution in [0.4, 0.5) is 10.5 Å². The number of benzene rings is 1. The number of carboxylic acids is 1. The van der Waals surface area contributed by atoms with Gasteiger partial charge in [-0.2, -0.15) is 0 Å². The van der Waals surface area contributed by atoms with Crippen LogP contribution in [-0.4, -0.2) is 41.6 Å². The number of urea groups is 1. The standard InChI is InChI=1S/C16H22N2O3/c1-3-18(14-9-5-4-7-12(14)2)16(21)17-10-6-8-13(11-17)15(19)20/h4-5,7,9,13H,3,6,8,10-11H2,1-2H3,(H,19,20). The van der Waals surface area contributed by atoms with Gasteiger partial charge in [-0.1, -0.05) is 18.2 Å². The number of para-hydroxylation sites is 1. The Morgan fingerprint density at radius 3 is 2.71 bits per heavy atom. The second-order valence-corrected chi connectivity index (χ2v) is 5.44. The fourth-order valence-corrected chi connectivity index (χ4v) is 2.80. The van der Waals surface area contributed by atoms with Crippen molar-refractivity contribution >= 4 is 17.7 Å². The number of piperidine rings is 1. The van der Waals surface area contributed by atoms with Gasteiger partial charge in [-0.15, -0.1) is 0 Å². The molecule has 0 saturated carbocycles. The van der Waals surface area contributed by atoms with E-state index in [9.17, 15) is 9.59 Å². The maximum Gasteiger partial charge on any atom is 0.324 e. The van der Waals surface area contributed by atoms with Gasteiger partial charge in [-0.05, 0) is 38.3 Å². The lowest BCUT2D eigenvalue weighted by atomic mass is 9.98. The highest BCUT2D eigenvalue weighted by Crippen LogP contribution is 2.23. The van der Waals surface area contributed by atoms with Crippen molar-refractivity contribution in [3.8, 4) is 0 Å². The monoisotopic (exact) mass is 290 g/mol. The molecule has 1 atom stereocenters. The molecule has 0 spiro atoms. The summed E-state index contributed by atoms with van der Waals surface area (Å²) in [4.78, 5) is 27.2. The lowest BCUT2D eigenvalue weighted by Gasteiger charge is -2.35. The molecule has 1 aliphatic rings. The highest BCUT2D eigenvalue weighted by atomic mass is 16.4. The van der Waals surface area contributed by atoms with Gasteiger partial charge in [0.25, 0.3) is 0 Å². The van der Waals surface area contributed by atoms with E-state index < -0.39 is 11.9 Å². The Bertz CT molecular complexity index is 530. The smallest absolute Gasteiger partial charge is 0.324 e. The molecule has 1 fully saturated rings. The number of hydrogen-bond acceptors (Lipinski definition) is 2. The van der Waals surface area contributed by atoms with Crippen LogP contribution in [0.1, 0.15) is 25.3 Å². The van der Waals surface area contributed by atoms with E-state index in [0.29, 0.717) is 26.1 Å². The minimum atomic E-state index is -0.813. The molecule has 1 saturated heterocycles. The lowest BCUT2D eigenvalue weighted by molar-refractivity contribution is -0.143. The van der Waals surface area contributed by atoms with Crippen molar-refractivity contribution in [2.24, 2.45) is 5.92 Å². The molecule has 1 aromatic carbocycles. The summed E-state index contributed by atoms with van der Waals surface area (Å²) in [5.74, 6) is -1.26. The molecule has 2 amide bonds. The van der Waals surface area contributed by atoms with Gasteiger partial charge in [-0.3, -0.25) is 9.69 Å². The molecule has 114 valence electrons. The van der Waals surface area contributed by atoms with Gasteiger partial charge in [0, 0.05) is 25.3 Å². The lowest BCUT2D eigenvalue weighted by Crippen LogP contribution is -2.49. The molecule has 1 N–H and O–H groups in total. The summed E-state index contributed by atoms with van der Waals surface area (Å²) < 4.78 is 0. The summed E-state index contributed by atoms with van der Waals surface area (Å²) in [7, 11) is 0. The Morgan fingerprint density at radius 2 is 2.10 bits per heavy atom. The second-order valence-electron chi connectivity index (χ2n) is 5.44. The molecule has 1 unspecified atom stereocenters. The number of likely N-dealkylation sites (tertiary alicyclic amines) is 1. The zero-order valence-electron chi connectivity index (χ0n) is 12.6. The van der Waals surface area contributed by atoms with Crippen molar-refractivity contribution in [2.45, 2.75) is 26.7 Å². The Kier molecular flexibility index (Phi) is 4.83. The predicted octanol–water partition coefficient (Wildman–Crippen LogP) is 2.74. The van der Waals surface area contributed by atoms with Gasteiger partial charge in [0.1, 0.15) is 0 Å². The largest absolute Gasteiger partial charge is 0.481 e. The molecule has 21 heavy (non-hydrogen) atoms. The SMILES string of the molecule is CCN(C(=O)N1CCCC(C(=O)O)C1)c1ccccc1C. The molecule has 0 radical (unpaired) electrons. The van der Waals surface area contributed by atoms with Crippen molar-refractivity contribution in [3.05, 3.63) is 29.8 Å². The molecule has 5 nitrogen and oxygen atoms in total. The summed E-state index contributed by atoms with van der Waals surface area (Å²) in [6, 6.07) is 7.65. The van der Waals surface area contributed by atoms with Crippen molar-refractivity contribution in [2.75, 3.05) is 24.5 Å². The predicted molar refractivity (Wildman–Crippen MR) is 81.5 cm³/mol. The number of carbonyl (C=O) groups is 2. The van der Waals surface area contributed by atoms with E-state index in [4.69, 9.17) is 5.11 Å². The fraction of sp³-hybridized carbons (Fsp3) is 0.500. The number of hydrogen-bond donors (Lipinski definition) is 1. The molecule has 1 aliphatic heterocycles. The summed E-state index contributed by atoms with van der Waals surface area (Å²) in [5, 5.41) is 9.14. The first-order valence-corrected chi connectivity index (χ1v) is 7.39. The number of aryl methyl sites for hydroxylation is 1. The number of nitrogens with zero attached hydrogens (tertiary/aromatic N) is 2. The highest BCUT2D eigenvalue weighted by Gasteiger charge is 2.30. The van der Waals surface area contributed by atoms with Crippen molar-refractivity contribution in [1.82, 2.24) is 4.90 Å². The Morgan fingerprint density at radius 1 is 1.38 bits per heavy atom. The van der Waals surface area contributed by atoms with Gasteiger partial charge < -0.3 is 10.0 Å². The molecule has 1 heterocycles. The number of aliphatic carboxylic acids is 1. The first-order valence-electron chi connectivity index (χ1n) is 7.39. The van der Waals surface area contributed by atoms with Crippen LogP contribution in [0, 0.1) is 12.8 Å². The van der Waals surface area contributed by atoms with Crippen LogP contribution < -0.4 is 4.90 Å². The number of anilines is 1. The van der Waals surface area contributed by atoms with Crippen molar-refractivity contribution in [3.63, 3.8) is 0 Å². The Labute approximate surface area is 125 Å². The van der Waals surface area contributed by atoms with Crippen molar-refractivity contribution in [1.29, 1.82) is 0 Å². The first kappa shape index (κ1) is 15.4. The highest BCUT2D eigenvalue weighted by molar-refractivity contribution is 5.93. The third-order valence-electron chi connectivity index (χ3n) is 3.99. The van der Waals surface area contributed by atoms with Crippen LogP contribution in [0.15, 0.2) is 24.3 Å². The summed E-state index contributed by atoms with van der Waals surface area (Å²) >= 11 is 0. The Balaban J connectivity index is 2.17. The summed E-state index contributed by atoms with van der Waals surface area (Å²) in [6.45, 7) is 5.41. The van der Waals surface area contributed by atoms with Crippen LogP contribution in [0.5, 0.6) is 0 Å². The average molecular weight is 290 g/mol. The van der Waals surface area contributed by atoms with Gasteiger partial charge >= 0.3 is 12.0 Å². The van der Waals surface area contributed by atoms with E-state index in [2.05, 4.69) is 0 Å². The van der Waals surface area contributed by atoms with Crippen LogP contribution in [0.25, 0.3) is 0 Å². The zero-order chi connectivity index (χ0) is 15.4. The van der Waals surface area contributed by atoms with E-state index in [1.165, 1.54) is 0 Å². The molecular formula is C16H22N2O3.